The number of amides is 1. The second-order valence-corrected chi connectivity index (χ2v) is 9.77. The van der Waals surface area contributed by atoms with Gasteiger partial charge in [-0.2, -0.15) is 0 Å². The Bertz CT molecular complexity index is 1350. The summed E-state index contributed by atoms with van der Waals surface area (Å²) in [6, 6.07) is 3.26. The smallest absolute Gasteiger partial charge is 0.255 e. The zero-order valence-corrected chi connectivity index (χ0v) is 20.8. The van der Waals surface area contributed by atoms with Crippen LogP contribution in [0.25, 0.3) is 22.7 Å². The number of nitrogens with one attached hydrogen (secondary N) is 3. The zero-order valence-electron chi connectivity index (χ0n) is 20.0. The Morgan fingerprint density at radius 1 is 1.25 bits per heavy atom. The van der Waals surface area contributed by atoms with Crippen molar-refractivity contribution in [2.45, 2.75) is 43.7 Å². The Hall–Kier alpha value is -3.46. The molecule has 5 rings (SSSR count). The average Bonchev–Trinajstić information content (AvgIpc) is 3.44. The summed E-state index contributed by atoms with van der Waals surface area (Å²) < 4.78 is 25.2. The summed E-state index contributed by atoms with van der Waals surface area (Å²) in [5.74, 6) is 7.22. The van der Waals surface area contributed by atoms with Gasteiger partial charge in [-0.3, -0.25) is 14.8 Å². The van der Waals surface area contributed by atoms with Gasteiger partial charge in [0.2, 0.25) is 5.89 Å². The number of hydrogen-bond donors (Lipinski definition) is 3. The number of thioether (sulfide) groups is 1. The lowest BCUT2D eigenvalue weighted by atomic mass is 9.98. The maximum atomic E-state index is 14.1. The van der Waals surface area contributed by atoms with Gasteiger partial charge in [0.05, 0.1) is 30.3 Å². The van der Waals surface area contributed by atoms with Crippen LogP contribution in [-0.2, 0) is 0 Å². The number of ether oxygens (including phenoxy) is 1. The third-order valence-electron chi connectivity index (χ3n) is 5.67. The van der Waals surface area contributed by atoms with Crippen molar-refractivity contribution >= 4 is 17.7 Å². The normalized spacial score (nSPS) is 19.9. The molecule has 11 heteroatoms. The first-order valence-electron chi connectivity index (χ1n) is 11.5. The molecule has 3 atom stereocenters. The zero-order chi connectivity index (χ0) is 25.2. The number of nitrogens with zero attached hydrogens (tertiary/aromatic N) is 3. The van der Waals surface area contributed by atoms with Crippen molar-refractivity contribution in [1.29, 1.82) is 0 Å². The van der Waals surface area contributed by atoms with Gasteiger partial charge in [-0.15, -0.1) is 0 Å². The highest BCUT2D eigenvalue weighted by Crippen LogP contribution is 2.36. The van der Waals surface area contributed by atoms with Gasteiger partial charge in [-0.25, -0.2) is 20.2 Å². The maximum absolute atomic E-state index is 14.1. The van der Waals surface area contributed by atoms with Crippen LogP contribution >= 0.6 is 11.8 Å². The molecule has 0 radical (unpaired) electrons. The van der Waals surface area contributed by atoms with Crippen molar-refractivity contribution in [3.63, 3.8) is 0 Å². The molecule has 0 aromatic carbocycles. The fourth-order valence-corrected chi connectivity index (χ4v) is 4.47. The average molecular weight is 509 g/mol. The SMILES string of the molecule is COc1cnc(C(C)F)cc1-c1cc(-c2nc(C)co2)ncc1C(=O)NC1NNC(C#CC2CC2)S1. The van der Waals surface area contributed by atoms with Crippen molar-refractivity contribution in [2.24, 2.45) is 5.92 Å². The third kappa shape index (κ3) is 5.36. The van der Waals surface area contributed by atoms with E-state index in [1.807, 2.05) is 0 Å². The van der Waals surface area contributed by atoms with E-state index in [0.717, 1.165) is 12.8 Å². The van der Waals surface area contributed by atoms with Gasteiger partial charge in [0.25, 0.3) is 5.91 Å². The molecule has 1 aliphatic heterocycles. The van der Waals surface area contributed by atoms with Crippen molar-refractivity contribution in [2.75, 3.05) is 7.11 Å². The van der Waals surface area contributed by atoms with Gasteiger partial charge in [-0.05, 0) is 38.8 Å². The Kier molecular flexibility index (Phi) is 6.91. The molecule has 9 nitrogen and oxygen atoms in total. The van der Waals surface area contributed by atoms with E-state index < -0.39 is 11.7 Å². The quantitative estimate of drug-likeness (QED) is 0.429. The molecular weight excluding hydrogens is 483 g/mol. The number of alkyl halides is 1. The number of halogens is 1. The second kappa shape index (κ2) is 10.3. The molecule has 1 amide bonds. The van der Waals surface area contributed by atoms with Crippen molar-refractivity contribution in [3.8, 4) is 40.3 Å². The summed E-state index contributed by atoms with van der Waals surface area (Å²) in [5, 5.41) is 2.82. The first-order valence-corrected chi connectivity index (χ1v) is 12.4. The van der Waals surface area contributed by atoms with Gasteiger partial charge < -0.3 is 14.5 Å². The first-order chi connectivity index (χ1) is 17.4. The molecule has 1 saturated heterocycles. The highest BCUT2D eigenvalue weighted by atomic mass is 32.2. The molecule has 1 aliphatic carbocycles. The Balaban J connectivity index is 1.49. The predicted molar refractivity (Wildman–Crippen MR) is 133 cm³/mol. The Labute approximate surface area is 212 Å². The van der Waals surface area contributed by atoms with E-state index in [1.165, 1.54) is 44.5 Å². The van der Waals surface area contributed by atoms with Crippen LogP contribution in [0.15, 0.2) is 35.2 Å². The lowest BCUT2D eigenvalue weighted by Gasteiger charge is -2.16. The monoisotopic (exact) mass is 508 g/mol. The fourth-order valence-electron chi connectivity index (χ4n) is 3.61. The minimum Gasteiger partial charge on any atom is -0.494 e. The highest BCUT2D eigenvalue weighted by molar-refractivity contribution is 8.00. The molecule has 186 valence electrons. The van der Waals surface area contributed by atoms with Gasteiger partial charge >= 0.3 is 0 Å². The van der Waals surface area contributed by atoms with E-state index in [9.17, 15) is 9.18 Å². The van der Waals surface area contributed by atoms with Crippen LogP contribution in [0.5, 0.6) is 5.75 Å². The lowest BCUT2D eigenvalue weighted by Crippen LogP contribution is -2.43. The van der Waals surface area contributed by atoms with Crippen LogP contribution < -0.4 is 20.9 Å². The largest absolute Gasteiger partial charge is 0.494 e. The number of carbonyl (C=O) groups excluding carboxylic acids is 1. The van der Waals surface area contributed by atoms with Gasteiger partial charge in [-0.1, -0.05) is 23.6 Å². The molecule has 3 N–H and O–H groups in total. The van der Waals surface area contributed by atoms with Gasteiger partial charge in [0.1, 0.15) is 34.7 Å². The fraction of sp³-hybridized carbons (Fsp3) is 0.360. The summed E-state index contributed by atoms with van der Waals surface area (Å²) >= 11 is 1.46. The second-order valence-electron chi connectivity index (χ2n) is 8.56. The van der Waals surface area contributed by atoms with Gasteiger partial charge in [0, 0.05) is 23.2 Å². The van der Waals surface area contributed by atoms with Crippen LogP contribution in [-0.4, -0.2) is 38.8 Å². The number of aryl methyl sites for hydroxylation is 1. The van der Waals surface area contributed by atoms with Crippen molar-refractivity contribution in [1.82, 2.24) is 31.1 Å². The molecule has 3 aromatic rings. The van der Waals surface area contributed by atoms with E-state index >= 15 is 0 Å². The summed E-state index contributed by atoms with van der Waals surface area (Å²) in [6.45, 7) is 3.21. The number of rotatable bonds is 6. The number of hydrogen-bond acceptors (Lipinski definition) is 9. The molecule has 1 saturated carbocycles. The number of pyridine rings is 2. The predicted octanol–water partition coefficient (Wildman–Crippen LogP) is 3.74. The molecule has 36 heavy (non-hydrogen) atoms. The van der Waals surface area contributed by atoms with Crippen LogP contribution in [0.1, 0.15) is 47.7 Å². The number of methoxy groups -OCH3 is 1. The molecule has 0 spiro atoms. The van der Waals surface area contributed by atoms with E-state index in [2.05, 4.69) is 43.0 Å². The van der Waals surface area contributed by atoms with E-state index in [1.54, 1.807) is 19.1 Å². The number of oxazole rings is 1. The minimum absolute atomic E-state index is 0.127. The van der Waals surface area contributed by atoms with E-state index in [0.29, 0.717) is 40.1 Å². The third-order valence-corrected chi connectivity index (χ3v) is 6.68. The van der Waals surface area contributed by atoms with Crippen LogP contribution in [0.4, 0.5) is 4.39 Å². The van der Waals surface area contributed by atoms with Crippen LogP contribution in [0, 0.1) is 24.7 Å². The number of carbonyl (C=O) groups is 1. The van der Waals surface area contributed by atoms with E-state index in [-0.39, 0.29) is 22.5 Å². The summed E-state index contributed by atoms with van der Waals surface area (Å²) in [5.41, 5.74) is 8.33. The summed E-state index contributed by atoms with van der Waals surface area (Å²) in [7, 11) is 1.49. The Morgan fingerprint density at radius 2 is 2.08 bits per heavy atom. The van der Waals surface area contributed by atoms with Crippen LogP contribution in [0.3, 0.4) is 0 Å². The molecule has 2 aliphatic rings. The molecular formula is C25H25FN6O3S. The Morgan fingerprint density at radius 3 is 2.78 bits per heavy atom. The lowest BCUT2D eigenvalue weighted by molar-refractivity contribution is 0.0945. The molecule has 4 heterocycles. The molecule has 0 bridgehead atoms. The first kappa shape index (κ1) is 24.2. The summed E-state index contributed by atoms with van der Waals surface area (Å²) in [4.78, 5) is 26.3. The maximum Gasteiger partial charge on any atom is 0.255 e. The standard InChI is InChI=1S/C25H25FN6O3S/c1-13-12-35-24(29-13)20-8-16(17-9-19(14(2)26)28-11-21(17)34-3)18(10-27-20)23(33)30-25-32-31-22(36-25)7-6-15-4-5-15/h8-12,14-15,22,25,31-32H,4-5H2,1-3H3,(H,30,33). The summed E-state index contributed by atoms with van der Waals surface area (Å²) in [6.07, 6.45) is 5.41. The molecule has 2 fully saturated rings. The van der Waals surface area contributed by atoms with Crippen LogP contribution in [0.2, 0.25) is 0 Å². The number of hydrazine groups is 1. The van der Waals surface area contributed by atoms with Gasteiger partial charge in [0.15, 0.2) is 0 Å². The topological polar surface area (TPSA) is 114 Å². The number of aromatic nitrogens is 3. The highest BCUT2D eigenvalue weighted by Gasteiger charge is 2.28. The molecule has 3 unspecified atom stereocenters. The van der Waals surface area contributed by atoms with E-state index in [4.69, 9.17) is 9.15 Å². The van der Waals surface area contributed by atoms with Crippen molar-refractivity contribution < 1.29 is 18.3 Å². The minimum atomic E-state index is -1.30. The molecule has 3 aromatic heterocycles. The van der Waals surface area contributed by atoms with Crippen molar-refractivity contribution in [3.05, 3.63) is 47.7 Å².